The molecule has 0 unspecified atom stereocenters. The number of amides is 2. The molecule has 0 aliphatic heterocycles. The van der Waals surface area contributed by atoms with Crippen molar-refractivity contribution in [3.8, 4) is 0 Å². The molecule has 0 aliphatic rings. The van der Waals surface area contributed by atoms with E-state index in [0.717, 1.165) is 5.56 Å². The van der Waals surface area contributed by atoms with E-state index in [0.29, 0.717) is 22.1 Å². The highest BCUT2D eigenvalue weighted by atomic mass is 79.9. The van der Waals surface area contributed by atoms with Crippen molar-refractivity contribution in [1.82, 2.24) is 0 Å². The molecule has 102 valence electrons. The number of halogens is 1. The van der Waals surface area contributed by atoms with Crippen molar-refractivity contribution >= 4 is 33.4 Å². The summed E-state index contributed by atoms with van der Waals surface area (Å²) in [6, 6.07) is 13.9. The van der Waals surface area contributed by atoms with E-state index in [9.17, 15) is 9.59 Å². The Balaban J connectivity index is 2.23. The van der Waals surface area contributed by atoms with Crippen molar-refractivity contribution in [2.24, 2.45) is 5.73 Å². The molecule has 0 atom stereocenters. The molecule has 2 aromatic rings. The summed E-state index contributed by atoms with van der Waals surface area (Å²) < 4.78 is 0. The molecule has 0 spiro atoms. The molecule has 2 aromatic carbocycles. The Morgan fingerprint density at radius 3 is 2.55 bits per heavy atom. The van der Waals surface area contributed by atoms with Gasteiger partial charge in [-0.1, -0.05) is 40.2 Å². The van der Waals surface area contributed by atoms with Gasteiger partial charge in [-0.05, 0) is 29.8 Å². The molecule has 0 heterocycles. The summed E-state index contributed by atoms with van der Waals surface area (Å²) in [5, 5.41) is 3.36. The molecule has 20 heavy (non-hydrogen) atoms. The summed E-state index contributed by atoms with van der Waals surface area (Å²) in [5.74, 6) is -0.747. The van der Waals surface area contributed by atoms with Crippen LogP contribution < -0.4 is 11.1 Å². The van der Waals surface area contributed by atoms with Crippen LogP contribution in [0.25, 0.3) is 0 Å². The van der Waals surface area contributed by atoms with Crippen LogP contribution in [0.5, 0.6) is 0 Å². The van der Waals surface area contributed by atoms with Crippen molar-refractivity contribution in [3.63, 3.8) is 0 Å². The van der Waals surface area contributed by atoms with Gasteiger partial charge in [0.15, 0.2) is 0 Å². The molecule has 5 heteroatoms. The zero-order valence-electron chi connectivity index (χ0n) is 10.6. The van der Waals surface area contributed by atoms with Crippen LogP contribution in [0.4, 0.5) is 5.69 Å². The van der Waals surface area contributed by atoms with Gasteiger partial charge in [0.1, 0.15) is 0 Å². The lowest BCUT2D eigenvalue weighted by Gasteiger charge is -2.09. The standard InChI is InChI=1S/C15H13BrN2O2/c16-9-11-4-1-2-7-13(11)15(20)18-12-6-3-5-10(8-12)14(17)19/h1-8H,9H2,(H2,17,19)(H,18,20). The van der Waals surface area contributed by atoms with E-state index in [2.05, 4.69) is 21.2 Å². The predicted octanol–water partition coefficient (Wildman–Crippen LogP) is 2.93. The van der Waals surface area contributed by atoms with Crippen LogP contribution in [-0.2, 0) is 5.33 Å². The topological polar surface area (TPSA) is 72.2 Å². The molecule has 4 nitrogen and oxygen atoms in total. The Kier molecular flexibility index (Phi) is 4.53. The van der Waals surface area contributed by atoms with Gasteiger partial charge >= 0.3 is 0 Å². The van der Waals surface area contributed by atoms with Gasteiger partial charge in [0.05, 0.1) is 0 Å². The van der Waals surface area contributed by atoms with Gasteiger partial charge in [0.2, 0.25) is 5.91 Å². The molecule has 0 saturated carbocycles. The van der Waals surface area contributed by atoms with Gasteiger partial charge < -0.3 is 11.1 Å². The molecule has 0 aliphatic carbocycles. The lowest BCUT2D eigenvalue weighted by molar-refractivity contribution is 0.0996. The molecule has 0 saturated heterocycles. The fourth-order valence-corrected chi connectivity index (χ4v) is 2.30. The summed E-state index contributed by atoms with van der Waals surface area (Å²) in [5.41, 5.74) is 7.60. The van der Waals surface area contributed by atoms with Crippen LogP contribution in [0, 0.1) is 0 Å². The van der Waals surface area contributed by atoms with E-state index < -0.39 is 5.91 Å². The first-order valence-electron chi connectivity index (χ1n) is 5.97. The lowest BCUT2D eigenvalue weighted by atomic mass is 10.1. The second-order valence-corrected chi connectivity index (χ2v) is 4.75. The van der Waals surface area contributed by atoms with E-state index in [4.69, 9.17) is 5.73 Å². The molecule has 0 aromatic heterocycles. The van der Waals surface area contributed by atoms with E-state index in [-0.39, 0.29) is 5.91 Å². The number of carbonyl (C=O) groups is 2. The number of alkyl halides is 1. The molecule has 0 radical (unpaired) electrons. The summed E-state index contributed by atoms with van der Waals surface area (Å²) in [4.78, 5) is 23.3. The first-order chi connectivity index (χ1) is 9.61. The average Bonchev–Trinajstić information content (AvgIpc) is 2.47. The number of hydrogen-bond donors (Lipinski definition) is 2. The van der Waals surface area contributed by atoms with E-state index in [1.165, 1.54) is 0 Å². The second kappa shape index (κ2) is 6.34. The number of hydrogen-bond acceptors (Lipinski definition) is 2. The third-order valence-corrected chi connectivity index (χ3v) is 3.42. The highest BCUT2D eigenvalue weighted by molar-refractivity contribution is 9.08. The number of benzene rings is 2. The maximum atomic E-state index is 12.2. The van der Waals surface area contributed by atoms with Crippen LogP contribution in [-0.4, -0.2) is 11.8 Å². The third kappa shape index (κ3) is 3.24. The van der Waals surface area contributed by atoms with Crippen molar-refractivity contribution in [3.05, 3.63) is 65.2 Å². The summed E-state index contributed by atoms with van der Waals surface area (Å²) in [6.07, 6.45) is 0. The molecule has 2 rings (SSSR count). The van der Waals surface area contributed by atoms with Gasteiger partial charge in [-0.15, -0.1) is 0 Å². The van der Waals surface area contributed by atoms with Gasteiger partial charge in [-0.25, -0.2) is 0 Å². The number of nitrogens with one attached hydrogen (secondary N) is 1. The van der Waals surface area contributed by atoms with Crippen molar-refractivity contribution in [1.29, 1.82) is 0 Å². The Bertz CT molecular complexity index is 656. The molecular weight excluding hydrogens is 320 g/mol. The van der Waals surface area contributed by atoms with Crippen LogP contribution in [0.15, 0.2) is 48.5 Å². The molecule has 0 fully saturated rings. The fraction of sp³-hybridized carbons (Fsp3) is 0.0667. The zero-order chi connectivity index (χ0) is 14.5. The van der Waals surface area contributed by atoms with Crippen LogP contribution in [0.2, 0.25) is 0 Å². The van der Waals surface area contributed by atoms with Crippen molar-refractivity contribution < 1.29 is 9.59 Å². The smallest absolute Gasteiger partial charge is 0.255 e. The molecular formula is C15H13BrN2O2. The van der Waals surface area contributed by atoms with Gasteiger partial charge in [0.25, 0.3) is 5.91 Å². The normalized spacial score (nSPS) is 10.1. The maximum absolute atomic E-state index is 12.2. The Morgan fingerprint density at radius 2 is 1.85 bits per heavy atom. The average molecular weight is 333 g/mol. The predicted molar refractivity (Wildman–Crippen MR) is 82.0 cm³/mol. The minimum atomic E-state index is -0.526. The second-order valence-electron chi connectivity index (χ2n) is 4.19. The molecule has 2 amide bonds. The maximum Gasteiger partial charge on any atom is 0.255 e. The first-order valence-corrected chi connectivity index (χ1v) is 7.09. The minimum Gasteiger partial charge on any atom is -0.366 e. The highest BCUT2D eigenvalue weighted by Crippen LogP contribution is 2.16. The third-order valence-electron chi connectivity index (χ3n) is 2.81. The molecule has 0 bridgehead atoms. The quantitative estimate of drug-likeness (QED) is 0.845. The fourth-order valence-electron chi connectivity index (χ4n) is 1.81. The Morgan fingerprint density at radius 1 is 1.10 bits per heavy atom. The van der Waals surface area contributed by atoms with Crippen LogP contribution in [0.3, 0.4) is 0 Å². The molecule has 3 N–H and O–H groups in total. The Hall–Kier alpha value is -2.14. The van der Waals surface area contributed by atoms with Gasteiger partial charge in [-0.3, -0.25) is 9.59 Å². The van der Waals surface area contributed by atoms with E-state index in [1.807, 2.05) is 12.1 Å². The summed E-state index contributed by atoms with van der Waals surface area (Å²) in [6.45, 7) is 0. The lowest BCUT2D eigenvalue weighted by Crippen LogP contribution is -2.15. The number of anilines is 1. The number of nitrogens with two attached hydrogens (primary N) is 1. The monoisotopic (exact) mass is 332 g/mol. The highest BCUT2D eigenvalue weighted by Gasteiger charge is 2.11. The minimum absolute atomic E-state index is 0.221. The van der Waals surface area contributed by atoms with Gasteiger partial charge in [-0.2, -0.15) is 0 Å². The Labute approximate surface area is 125 Å². The van der Waals surface area contributed by atoms with Crippen LogP contribution in [0.1, 0.15) is 26.3 Å². The van der Waals surface area contributed by atoms with Crippen molar-refractivity contribution in [2.75, 3.05) is 5.32 Å². The van der Waals surface area contributed by atoms with Crippen LogP contribution >= 0.6 is 15.9 Å². The van der Waals surface area contributed by atoms with E-state index >= 15 is 0 Å². The number of rotatable bonds is 4. The first kappa shape index (κ1) is 14.3. The van der Waals surface area contributed by atoms with Crippen molar-refractivity contribution in [2.45, 2.75) is 5.33 Å². The van der Waals surface area contributed by atoms with E-state index in [1.54, 1.807) is 36.4 Å². The van der Waals surface area contributed by atoms with Gasteiger partial charge in [0, 0.05) is 22.1 Å². The number of carbonyl (C=O) groups excluding carboxylic acids is 2. The SMILES string of the molecule is NC(=O)c1cccc(NC(=O)c2ccccc2CBr)c1. The summed E-state index contributed by atoms with van der Waals surface area (Å²) in [7, 11) is 0. The summed E-state index contributed by atoms with van der Waals surface area (Å²) >= 11 is 3.35. The number of primary amides is 1. The largest absolute Gasteiger partial charge is 0.366 e. The zero-order valence-corrected chi connectivity index (χ0v) is 12.2.